The number of rotatable bonds is 1. The molecule has 0 saturated carbocycles. The van der Waals surface area contributed by atoms with Gasteiger partial charge < -0.3 is 9.52 Å². The largest absolute Gasteiger partial charge is 0.458 e. The molecule has 2 rings (SSSR count). The van der Waals surface area contributed by atoms with Gasteiger partial charge in [0, 0.05) is 5.39 Å². The van der Waals surface area contributed by atoms with Crippen LogP contribution in [0.5, 0.6) is 0 Å². The minimum absolute atomic E-state index is 0.0351. The zero-order chi connectivity index (χ0) is 10.3. The van der Waals surface area contributed by atoms with Crippen molar-refractivity contribution in [2.45, 2.75) is 27.4 Å². The van der Waals surface area contributed by atoms with E-state index in [4.69, 9.17) is 9.52 Å². The van der Waals surface area contributed by atoms with Crippen molar-refractivity contribution < 1.29 is 9.52 Å². The molecule has 1 aromatic carbocycles. The third kappa shape index (κ3) is 1.23. The van der Waals surface area contributed by atoms with E-state index in [1.807, 2.05) is 13.0 Å². The summed E-state index contributed by atoms with van der Waals surface area (Å²) in [7, 11) is 0. The topological polar surface area (TPSA) is 33.4 Å². The summed E-state index contributed by atoms with van der Waals surface area (Å²) < 4.78 is 5.56. The van der Waals surface area contributed by atoms with Gasteiger partial charge in [-0.05, 0) is 43.5 Å². The van der Waals surface area contributed by atoms with Crippen LogP contribution < -0.4 is 0 Å². The number of fused-ring (bicyclic) bond motifs is 1. The molecule has 0 spiro atoms. The summed E-state index contributed by atoms with van der Waals surface area (Å²) in [5.74, 6) is 0.636. The number of aliphatic hydroxyl groups is 1. The molecule has 74 valence electrons. The second-order valence-electron chi connectivity index (χ2n) is 3.75. The van der Waals surface area contributed by atoms with E-state index in [1.54, 1.807) is 0 Å². The van der Waals surface area contributed by atoms with Crippen molar-refractivity contribution in [3.8, 4) is 0 Å². The fraction of sp³-hybridized carbons (Fsp3) is 0.333. The summed E-state index contributed by atoms with van der Waals surface area (Å²) in [6, 6.07) is 4.06. The summed E-state index contributed by atoms with van der Waals surface area (Å²) in [5.41, 5.74) is 4.50. The second kappa shape index (κ2) is 3.14. The summed E-state index contributed by atoms with van der Waals surface area (Å²) in [6.45, 7) is 6.14. The fourth-order valence-electron chi connectivity index (χ4n) is 1.78. The Morgan fingerprint density at radius 2 is 1.86 bits per heavy atom. The van der Waals surface area contributed by atoms with Gasteiger partial charge in [0.15, 0.2) is 0 Å². The first-order chi connectivity index (χ1) is 6.63. The van der Waals surface area contributed by atoms with Gasteiger partial charge in [-0.2, -0.15) is 0 Å². The highest BCUT2D eigenvalue weighted by Crippen LogP contribution is 2.28. The van der Waals surface area contributed by atoms with Gasteiger partial charge in [-0.15, -0.1) is 0 Å². The lowest BCUT2D eigenvalue weighted by molar-refractivity contribution is 0.251. The third-order valence-corrected chi connectivity index (χ3v) is 2.73. The molecule has 14 heavy (non-hydrogen) atoms. The fourth-order valence-corrected chi connectivity index (χ4v) is 1.78. The van der Waals surface area contributed by atoms with Gasteiger partial charge in [0.2, 0.25) is 0 Å². The molecule has 0 bridgehead atoms. The van der Waals surface area contributed by atoms with Gasteiger partial charge in [0.1, 0.15) is 18.0 Å². The number of benzene rings is 1. The zero-order valence-electron chi connectivity index (χ0n) is 8.72. The molecule has 0 fully saturated rings. The number of hydrogen-bond donors (Lipinski definition) is 1. The molecule has 0 aliphatic heterocycles. The van der Waals surface area contributed by atoms with Crippen molar-refractivity contribution in [3.63, 3.8) is 0 Å². The molecule has 2 nitrogen and oxygen atoms in total. The van der Waals surface area contributed by atoms with E-state index in [2.05, 4.69) is 19.9 Å². The average molecular weight is 190 g/mol. The van der Waals surface area contributed by atoms with E-state index >= 15 is 0 Å². The van der Waals surface area contributed by atoms with Crippen LogP contribution in [-0.2, 0) is 6.61 Å². The quantitative estimate of drug-likeness (QED) is 0.750. The molecule has 0 aliphatic carbocycles. The van der Waals surface area contributed by atoms with Crippen LogP contribution >= 0.6 is 0 Å². The molecule has 1 aromatic heterocycles. The first-order valence-corrected chi connectivity index (χ1v) is 4.73. The standard InChI is InChI=1S/C12H14O2/c1-7-4-8(2)11-5-10(6-13)14-12(11)9(7)3/h4-5,13H,6H2,1-3H3. The van der Waals surface area contributed by atoms with Crippen LogP contribution in [0, 0.1) is 20.8 Å². The highest BCUT2D eigenvalue weighted by molar-refractivity contribution is 5.85. The number of aryl methyl sites for hydroxylation is 3. The predicted octanol–water partition coefficient (Wildman–Crippen LogP) is 2.85. The van der Waals surface area contributed by atoms with Crippen LogP contribution in [0.15, 0.2) is 16.5 Å². The molecule has 2 aromatic rings. The van der Waals surface area contributed by atoms with Crippen LogP contribution in [0.2, 0.25) is 0 Å². The summed E-state index contributed by atoms with van der Waals surface area (Å²) >= 11 is 0. The van der Waals surface area contributed by atoms with Gasteiger partial charge in [-0.3, -0.25) is 0 Å². The van der Waals surface area contributed by atoms with Crippen molar-refractivity contribution >= 4 is 11.0 Å². The van der Waals surface area contributed by atoms with Crippen molar-refractivity contribution in [2.24, 2.45) is 0 Å². The second-order valence-corrected chi connectivity index (χ2v) is 3.75. The minimum Gasteiger partial charge on any atom is -0.458 e. The summed E-state index contributed by atoms with van der Waals surface area (Å²) in [6.07, 6.45) is 0. The average Bonchev–Trinajstić information content (AvgIpc) is 2.58. The maximum atomic E-state index is 9.00. The van der Waals surface area contributed by atoms with E-state index < -0.39 is 0 Å². The Morgan fingerprint density at radius 1 is 1.14 bits per heavy atom. The van der Waals surface area contributed by atoms with Gasteiger partial charge in [-0.25, -0.2) is 0 Å². The number of hydrogen-bond acceptors (Lipinski definition) is 2. The van der Waals surface area contributed by atoms with Crippen molar-refractivity contribution in [1.82, 2.24) is 0 Å². The van der Waals surface area contributed by atoms with E-state index in [0.29, 0.717) is 5.76 Å². The Morgan fingerprint density at radius 3 is 2.50 bits per heavy atom. The van der Waals surface area contributed by atoms with Crippen molar-refractivity contribution in [3.05, 3.63) is 34.6 Å². The van der Waals surface area contributed by atoms with Crippen LogP contribution in [0.25, 0.3) is 11.0 Å². The highest BCUT2D eigenvalue weighted by atomic mass is 16.4. The maximum absolute atomic E-state index is 9.00. The van der Waals surface area contributed by atoms with Gasteiger partial charge in [0.05, 0.1) is 0 Å². The molecule has 0 amide bonds. The van der Waals surface area contributed by atoms with E-state index in [1.165, 1.54) is 11.1 Å². The van der Waals surface area contributed by atoms with E-state index in [0.717, 1.165) is 16.5 Å². The van der Waals surface area contributed by atoms with Gasteiger partial charge in [0.25, 0.3) is 0 Å². The summed E-state index contributed by atoms with van der Waals surface area (Å²) in [4.78, 5) is 0. The first kappa shape index (κ1) is 9.28. The highest BCUT2D eigenvalue weighted by Gasteiger charge is 2.09. The van der Waals surface area contributed by atoms with Crippen LogP contribution in [0.3, 0.4) is 0 Å². The molecule has 0 aliphatic rings. The third-order valence-electron chi connectivity index (χ3n) is 2.73. The van der Waals surface area contributed by atoms with Crippen LogP contribution in [0.1, 0.15) is 22.5 Å². The molecule has 1 heterocycles. The van der Waals surface area contributed by atoms with Crippen LogP contribution in [0.4, 0.5) is 0 Å². The lowest BCUT2D eigenvalue weighted by atomic mass is 10.0. The Bertz CT molecular complexity index is 481. The maximum Gasteiger partial charge on any atom is 0.137 e. The van der Waals surface area contributed by atoms with Crippen LogP contribution in [-0.4, -0.2) is 5.11 Å². The van der Waals surface area contributed by atoms with Crippen molar-refractivity contribution in [2.75, 3.05) is 0 Å². The van der Waals surface area contributed by atoms with E-state index in [9.17, 15) is 0 Å². The zero-order valence-corrected chi connectivity index (χ0v) is 8.72. The molecule has 0 unspecified atom stereocenters. The Balaban J connectivity index is 2.84. The Hall–Kier alpha value is -1.28. The van der Waals surface area contributed by atoms with Crippen molar-refractivity contribution in [1.29, 1.82) is 0 Å². The normalized spacial score (nSPS) is 11.1. The Labute approximate surface area is 83.2 Å². The van der Waals surface area contributed by atoms with Gasteiger partial charge in [-0.1, -0.05) is 6.07 Å². The molecule has 1 N–H and O–H groups in total. The molecule has 0 saturated heterocycles. The minimum atomic E-state index is -0.0351. The molecule has 0 atom stereocenters. The molecular formula is C12H14O2. The monoisotopic (exact) mass is 190 g/mol. The Kier molecular flexibility index (Phi) is 2.08. The lowest BCUT2D eigenvalue weighted by Crippen LogP contribution is -1.83. The number of furan rings is 1. The van der Waals surface area contributed by atoms with E-state index in [-0.39, 0.29) is 6.61 Å². The first-order valence-electron chi connectivity index (χ1n) is 4.73. The molecule has 2 heteroatoms. The summed E-state index contributed by atoms with van der Waals surface area (Å²) in [5, 5.41) is 10.1. The molecular weight excluding hydrogens is 176 g/mol. The SMILES string of the molecule is Cc1cc(C)c2cc(CO)oc2c1C. The molecule has 0 radical (unpaired) electrons. The lowest BCUT2D eigenvalue weighted by Gasteiger charge is -2.02. The number of aliphatic hydroxyl groups excluding tert-OH is 1. The van der Waals surface area contributed by atoms with Gasteiger partial charge >= 0.3 is 0 Å². The predicted molar refractivity (Wildman–Crippen MR) is 56.3 cm³/mol. The smallest absolute Gasteiger partial charge is 0.137 e.